The van der Waals surface area contributed by atoms with Crippen LogP contribution in [-0.2, 0) is 6.54 Å². The first-order chi connectivity index (χ1) is 17.0. The van der Waals surface area contributed by atoms with Gasteiger partial charge in [0.05, 0.1) is 17.3 Å². The monoisotopic (exact) mass is 468 g/mol. The molecule has 9 heteroatoms. The van der Waals surface area contributed by atoms with Crippen LogP contribution in [-0.4, -0.2) is 32.2 Å². The Hall–Kier alpha value is -4.53. The van der Waals surface area contributed by atoms with Gasteiger partial charge in [-0.3, -0.25) is 5.10 Å². The van der Waals surface area contributed by atoms with Crippen LogP contribution in [0.2, 0.25) is 0 Å². The lowest BCUT2D eigenvalue weighted by atomic mass is 9.93. The molecule has 0 bridgehead atoms. The van der Waals surface area contributed by atoms with E-state index in [-0.39, 0.29) is 11.7 Å². The Balaban J connectivity index is 1.37. The van der Waals surface area contributed by atoms with E-state index in [4.69, 9.17) is 5.73 Å². The van der Waals surface area contributed by atoms with E-state index in [1.807, 2.05) is 43.4 Å². The Bertz CT molecular complexity index is 1460. The largest absolute Gasteiger partial charge is 0.387 e. The van der Waals surface area contributed by atoms with Gasteiger partial charge in [0.25, 0.3) is 0 Å². The van der Waals surface area contributed by atoms with Gasteiger partial charge in [-0.2, -0.15) is 5.10 Å². The maximum Gasteiger partial charge on any atom is 0.161 e. The number of aromatic nitrogens is 5. The van der Waals surface area contributed by atoms with Crippen molar-refractivity contribution in [3.05, 3.63) is 89.6 Å². The highest BCUT2D eigenvalue weighted by molar-refractivity contribution is 5.97. The zero-order valence-corrected chi connectivity index (χ0v) is 19.4. The second-order valence-corrected chi connectivity index (χ2v) is 8.29. The van der Waals surface area contributed by atoms with Crippen LogP contribution in [0.15, 0.2) is 67.1 Å². The molecule has 0 aliphatic heterocycles. The standard InChI is InChI=1S/C26H25FN8/c1-15(17-7-9-19(27)10-8-17)21-11-20(29-2)13-31-25(21)30-12-16-3-5-18(6-4-16)23-22-24(28)32-14-33-26(22)35-34-23/h3-11,13-15,29H,12H2,1-2H3,(H,30,31)(H3,28,32,33,34,35). The molecule has 1 unspecified atom stereocenters. The molecule has 0 radical (unpaired) electrons. The maximum atomic E-state index is 13.4. The van der Waals surface area contributed by atoms with Gasteiger partial charge in [-0.15, -0.1) is 0 Å². The molecule has 5 rings (SSSR count). The molecule has 3 aromatic heterocycles. The molecular formula is C26H25FN8. The fraction of sp³-hybridized carbons (Fsp3) is 0.154. The van der Waals surface area contributed by atoms with Crippen molar-refractivity contribution in [1.29, 1.82) is 0 Å². The summed E-state index contributed by atoms with van der Waals surface area (Å²) in [6.07, 6.45) is 3.21. The van der Waals surface area contributed by atoms with E-state index >= 15 is 0 Å². The molecule has 5 aromatic rings. The Morgan fingerprint density at radius 1 is 1.03 bits per heavy atom. The molecule has 35 heavy (non-hydrogen) atoms. The minimum absolute atomic E-state index is 0.0295. The highest BCUT2D eigenvalue weighted by Gasteiger charge is 2.16. The summed E-state index contributed by atoms with van der Waals surface area (Å²) in [5, 5.41) is 14.6. The number of pyridine rings is 1. The number of aromatic amines is 1. The molecule has 3 heterocycles. The Morgan fingerprint density at radius 2 is 1.80 bits per heavy atom. The van der Waals surface area contributed by atoms with E-state index in [1.165, 1.54) is 18.5 Å². The molecule has 0 aliphatic rings. The number of H-pyrrole nitrogens is 1. The Labute approximate surface area is 201 Å². The van der Waals surface area contributed by atoms with Gasteiger partial charge in [0.2, 0.25) is 0 Å². The van der Waals surface area contributed by atoms with E-state index in [0.717, 1.165) is 39.5 Å². The van der Waals surface area contributed by atoms with Gasteiger partial charge in [0.1, 0.15) is 29.5 Å². The van der Waals surface area contributed by atoms with Crippen molar-refractivity contribution in [2.45, 2.75) is 19.4 Å². The van der Waals surface area contributed by atoms with Crippen LogP contribution in [0.5, 0.6) is 0 Å². The number of anilines is 3. The second kappa shape index (κ2) is 9.38. The van der Waals surface area contributed by atoms with Crippen molar-refractivity contribution in [3.63, 3.8) is 0 Å². The summed E-state index contributed by atoms with van der Waals surface area (Å²) in [7, 11) is 1.86. The van der Waals surface area contributed by atoms with Crippen LogP contribution in [0, 0.1) is 5.82 Å². The predicted molar refractivity (Wildman–Crippen MR) is 137 cm³/mol. The zero-order chi connectivity index (χ0) is 24.4. The third-order valence-electron chi connectivity index (χ3n) is 6.12. The third-order valence-corrected chi connectivity index (χ3v) is 6.12. The summed E-state index contributed by atoms with van der Waals surface area (Å²) in [5.41, 5.74) is 12.3. The number of halogens is 1. The summed E-state index contributed by atoms with van der Waals surface area (Å²) in [6, 6.07) is 16.7. The number of benzene rings is 2. The van der Waals surface area contributed by atoms with Crippen molar-refractivity contribution in [2.75, 3.05) is 23.4 Å². The van der Waals surface area contributed by atoms with Gasteiger partial charge in [0.15, 0.2) is 5.65 Å². The van der Waals surface area contributed by atoms with Gasteiger partial charge in [-0.05, 0) is 29.3 Å². The van der Waals surface area contributed by atoms with Crippen LogP contribution < -0.4 is 16.4 Å². The fourth-order valence-electron chi connectivity index (χ4n) is 4.08. The Morgan fingerprint density at radius 3 is 2.54 bits per heavy atom. The lowest BCUT2D eigenvalue weighted by Gasteiger charge is -2.19. The summed E-state index contributed by atoms with van der Waals surface area (Å²) < 4.78 is 13.4. The predicted octanol–water partition coefficient (Wildman–Crippen LogP) is 4.94. The molecular weight excluding hydrogens is 443 g/mol. The molecule has 1 atom stereocenters. The second-order valence-electron chi connectivity index (χ2n) is 8.29. The van der Waals surface area contributed by atoms with E-state index in [0.29, 0.717) is 23.4 Å². The van der Waals surface area contributed by atoms with Crippen LogP contribution in [0.25, 0.3) is 22.3 Å². The first kappa shape index (κ1) is 22.3. The molecule has 0 spiro atoms. The van der Waals surface area contributed by atoms with E-state index in [2.05, 4.69) is 48.8 Å². The molecule has 2 aromatic carbocycles. The topological polar surface area (TPSA) is 117 Å². The Kier molecular flexibility index (Phi) is 5.97. The minimum Gasteiger partial charge on any atom is -0.387 e. The molecule has 0 saturated carbocycles. The average molecular weight is 469 g/mol. The molecule has 5 N–H and O–H groups in total. The summed E-state index contributed by atoms with van der Waals surface area (Å²) in [4.78, 5) is 12.9. The number of hydrogen-bond acceptors (Lipinski definition) is 7. The van der Waals surface area contributed by atoms with E-state index in [9.17, 15) is 4.39 Å². The lowest BCUT2D eigenvalue weighted by Crippen LogP contribution is -2.08. The number of nitrogens with two attached hydrogens (primary N) is 1. The van der Waals surface area contributed by atoms with Crippen LogP contribution in [0.1, 0.15) is 29.5 Å². The van der Waals surface area contributed by atoms with Crippen molar-refractivity contribution in [1.82, 2.24) is 25.1 Å². The van der Waals surface area contributed by atoms with Crippen LogP contribution >= 0.6 is 0 Å². The van der Waals surface area contributed by atoms with E-state index in [1.54, 1.807) is 6.20 Å². The van der Waals surface area contributed by atoms with Crippen molar-refractivity contribution in [2.24, 2.45) is 0 Å². The zero-order valence-electron chi connectivity index (χ0n) is 19.4. The number of rotatable bonds is 7. The van der Waals surface area contributed by atoms with E-state index < -0.39 is 0 Å². The van der Waals surface area contributed by atoms with Gasteiger partial charge in [-0.1, -0.05) is 43.3 Å². The van der Waals surface area contributed by atoms with Gasteiger partial charge in [-0.25, -0.2) is 19.3 Å². The summed E-state index contributed by atoms with van der Waals surface area (Å²) in [5.74, 6) is 0.960. The molecule has 0 aliphatic carbocycles. The maximum absolute atomic E-state index is 13.4. The highest BCUT2D eigenvalue weighted by atomic mass is 19.1. The molecule has 0 saturated heterocycles. The minimum atomic E-state index is -0.247. The SMILES string of the molecule is CNc1cnc(NCc2ccc(-c3n[nH]c4ncnc(N)c34)cc2)c(C(C)c2ccc(F)cc2)c1. The van der Waals surface area contributed by atoms with Crippen LogP contribution in [0.4, 0.5) is 21.7 Å². The quantitative estimate of drug-likeness (QED) is 0.267. The van der Waals surface area contributed by atoms with Gasteiger partial charge < -0.3 is 16.4 Å². The summed E-state index contributed by atoms with van der Waals surface area (Å²) in [6.45, 7) is 2.68. The molecule has 0 amide bonds. The number of fused-ring (bicyclic) bond motifs is 1. The van der Waals surface area contributed by atoms with Gasteiger partial charge in [0, 0.05) is 30.6 Å². The first-order valence-electron chi connectivity index (χ1n) is 11.2. The third kappa shape index (κ3) is 4.48. The van der Waals surface area contributed by atoms with Crippen molar-refractivity contribution >= 4 is 28.4 Å². The van der Waals surface area contributed by atoms with Crippen LogP contribution in [0.3, 0.4) is 0 Å². The molecule has 0 fully saturated rings. The average Bonchev–Trinajstić information content (AvgIpc) is 3.33. The van der Waals surface area contributed by atoms with Crippen molar-refractivity contribution in [3.8, 4) is 11.3 Å². The first-order valence-corrected chi connectivity index (χ1v) is 11.2. The lowest BCUT2D eigenvalue weighted by molar-refractivity contribution is 0.626. The normalized spacial score (nSPS) is 12.0. The molecule has 176 valence electrons. The van der Waals surface area contributed by atoms with Crippen molar-refractivity contribution < 1.29 is 4.39 Å². The highest BCUT2D eigenvalue weighted by Crippen LogP contribution is 2.32. The number of nitrogen functional groups attached to an aromatic ring is 1. The number of nitrogens with one attached hydrogen (secondary N) is 3. The summed E-state index contributed by atoms with van der Waals surface area (Å²) >= 11 is 0. The fourth-order valence-corrected chi connectivity index (χ4v) is 4.08. The number of nitrogens with zero attached hydrogens (tertiary/aromatic N) is 4. The molecule has 8 nitrogen and oxygen atoms in total. The number of hydrogen-bond donors (Lipinski definition) is 4. The smallest absolute Gasteiger partial charge is 0.161 e. The van der Waals surface area contributed by atoms with Gasteiger partial charge >= 0.3 is 0 Å².